The molecule has 47 heavy (non-hydrogen) atoms. The van der Waals surface area contributed by atoms with Crippen LogP contribution in [0.25, 0.3) is 0 Å². The summed E-state index contributed by atoms with van der Waals surface area (Å²) in [6, 6.07) is 0. The molecule has 3 nitrogen and oxygen atoms in total. The summed E-state index contributed by atoms with van der Waals surface area (Å²) in [4.78, 5) is 0. The van der Waals surface area contributed by atoms with Crippen LogP contribution in [0.4, 0.5) is 0 Å². The van der Waals surface area contributed by atoms with Crippen molar-refractivity contribution in [1.29, 1.82) is 0 Å². The quantitative estimate of drug-likeness (QED) is 0.0947. The van der Waals surface area contributed by atoms with Gasteiger partial charge in [0.25, 0.3) is 9.19 Å². The summed E-state index contributed by atoms with van der Waals surface area (Å²) in [5, 5.41) is 4.02. The minimum atomic E-state index is 0.168. The van der Waals surface area contributed by atoms with E-state index in [2.05, 4.69) is 468 Å². The van der Waals surface area contributed by atoms with Gasteiger partial charge in [-0.15, -0.1) is 44.7 Å². The van der Waals surface area contributed by atoms with Crippen molar-refractivity contribution in [2.75, 3.05) is 0 Å². The van der Waals surface area contributed by atoms with E-state index in [9.17, 15) is 0 Å². The van der Waals surface area contributed by atoms with Gasteiger partial charge in [0.2, 0.25) is 0 Å². The minimum Gasteiger partial charge on any atom is -0.391 e. The highest BCUT2D eigenvalue weighted by Gasteiger charge is 2.54. The summed E-state index contributed by atoms with van der Waals surface area (Å²) < 4.78 is 10.1. The van der Waals surface area contributed by atoms with E-state index >= 15 is 0 Å². The Bertz CT molecular complexity index is 803. The molecule has 0 amide bonds. The summed E-state index contributed by atoms with van der Waals surface area (Å²) in [5.41, 5.74) is 13.9. The monoisotopic (exact) mass is 2850 g/mol. The fourth-order valence-corrected chi connectivity index (χ4v) is 31.5. The third kappa shape index (κ3) is 22.3. The van der Waals surface area contributed by atoms with Crippen molar-refractivity contribution >= 4 is 564 Å². The fourth-order valence-electron chi connectivity index (χ4n) is 3.77. The Labute approximate surface area is 563 Å². The van der Waals surface area contributed by atoms with Gasteiger partial charge in [0, 0.05) is 0 Å². The molecule has 0 heterocycles. The van der Waals surface area contributed by atoms with Crippen molar-refractivity contribution in [1.82, 2.24) is 5.14 Å². The maximum Gasteiger partial charge on any atom is 0.253 e. The Morgan fingerprint density at radius 1 is 0.277 bits per heavy atom. The Balaban J connectivity index is 5.36. The van der Waals surface area contributed by atoms with Crippen LogP contribution in [-0.4, -0.2) is 116 Å². The lowest BCUT2D eigenvalue weighted by molar-refractivity contribution is 1.64. The van der Waals surface area contributed by atoms with Gasteiger partial charge in [-0.2, -0.15) is 403 Å². The molecular formula is H9B24I20N3. The van der Waals surface area contributed by atoms with Gasteiger partial charge in [-0.25, -0.2) is 0 Å². The largest absolute Gasteiger partial charge is 0.391 e. The van der Waals surface area contributed by atoms with Crippen LogP contribution in [0.2, 0.25) is 0 Å². The van der Waals surface area contributed by atoms with Gasteiger partial charge in [-0.3, -0.25) is 0 Å². The third-order valence-electron chi connectivity index (χ3n) is 6.88. The van der Waals surface area contributed by atoms with E-state index in [1.165, 1.54) is 0 Å². The number of hydrogen-bond acceptors (Lipinski definition) is 3. The molecule has 0 aliphatic rings. The summed E-state index contributed by atoms with van der Waals surface area (Å²) in [6.45, 7) is 0.337. The smallest absolute Gasteiger partial charge is 0.253 e. The molecule has 0 spiro atoms. The maximum absolute atomic E-state index is 6.97. The molecule has 236 valence electrons. The van der Waals surface area contributed by atoms with Gasteiger partial charge < -0.3 is 16.4 Å². The van der Waals surface area contributed by atoms with Crippen molar-refractivity contribution in [2.45, 2.75) is 0 Å². The van der Waals surface area contributed by atoms with Crippen molar-refractivity contribution < 1.29 is 0 Å². The van der Waals surface area contributed by atoms with E-state index in [0.29, 0.717) is 87.5 Å². The molecular weight excluding hydrogens is 2840 g/mol. The van der Waals surface area contributed by atoms with Crippen LogP contribution < -0.4 is 16.4 Å². The number of hydrogen-bond donors (Lipinski definition) is 3. The van der Waals surface area contributed by atoms with Gasteiger partial charge >= 0.3 is 0 Å². The zero-order valence-corrected chi connectivity index (χ0v) is 67.1. The molecule has 0 aromatic carbocycles. The Morgan fingerprint density at radius 3 is 0.660 bits per heavy atom. The lowest BCUT2D eigenvalue weighted by Crippen LogP contribution is -2.68. The number of rotatable bonds is 22. The van der Waals surface area contributed by atoms with Crippen LogP contribution in [0.15, 0.2) is 0 Å². The molecule has 47 heteroatoms. The summed E-state index contributed by atoms with van der Waals surface area (Å²) in [5.74, 6) is 0. The summed E-state index contributed by atoms with van der Waals surface area (Å²) in [7, 11) is 4.62. The fraction of sp³-hybridized carbons (Fsp3) is 0. The predicted molar refractivity (Wildman–Crippen MR) is 436 cm³/mol. The summed E-state index contributed by atoms with van der Waals surface area (Å²) >= 11 is 53.2. The minimum absolute atomic E-state index is 0.168. The molecule has 0 fully saturated rings. The Morgan fingerprint density at radius 2 is 0.447 bits per heavy atom. The van der Waals surface area contributed by atoms with Gasteiger partial charge in [0.15, 0.2) is 91.6 Å². The van der Waals surface area contributed by atoms with E-state index in [0.717, 1.165) is 0 Å². The molecule has 5 N–H and O–H groups in total. The molecule has 0 atom stereocenters. The van der Waals surface area contributed by atoms with Crippen molar-refractivity contribution in [3.8, 4) is 0 Å². The second-order valence-electron chi connectivity index (χ2n) is 10.6. The Kier molecular flexibility index (Phi) is 45.0. The third-order valence-corrected chi connectivity index (χ3v) is 58.2. The highest BCUT2D eigenvalue weighted by atomic mass is 127. The van der Waals surface area contributed by atoms with E-state index in [4.69, 9.17) is 11.3 Å². The SMILES string of the molecule is BB(I)B(I)B(I)B(I)B(N)B(I)B(I)B(I)B(I)B(I)B(I)NB(I)B(I)B(I)B(I)B(I)B(I)B(N)B(I)B(I)B(I)B(B)I. The standard InChI is InChI=1S/B24H9I20N3/c1-3(25)5(27)7(29)15(37)21(45)17(39)11(33)9(31)13(35)19(41)23(43)47-24(44)20(42)14(36)10(32)12(34)18(40)22(46)16(38)8(30)6(28)4(2)26/h47H,1-2,45-46H2. The molecule has 0 aromatic heterocycles. The van der Waals surface area contributed by atoms with E-state index in [-0.39, 0.29) is 13.3 Å². The molecule has 0 bridgehead atoms. The first-order valence-corrected chi connectivity index (χ1v) is 38.3. The average molecular weight is 2850 g/mol. The van der Waals surface area contributed by atoms with Gasteiger partial charge in [-0.1, -0.05) is 0 Å². The normalized spacial score (nSPS) is 10.2. The van der Waals surface area contributed by atoms with E-state index in [1.807, 2.05) is 0 Å². The second kappa shape index (κ2) is 33.5. The van der Waals surface area contributed by atoms with Crippen molar-refractivity contribution in [2.24, 2.45) is 11.3 Å². The first-order valence-electron chi connectivity index (χ1n) is 13.4. The number of halogens is 20. The highest BCUT2D eigenvalue weighted by Crippen LogP contribution is 2.30. The number of nitrogens with one attached hydrogen (secondary N) is 1. The van der Waals surface area contributed by atoms with E-state index in [1.54, 1.807) is 0 Å². The van der Waals surface area contributed by atoms with Crippen LogP contribution >= 0.6 is 447 Å². The zero-order chi connectivity index (χ0) is 37.4. The van der Waals surface area contributed by atoms with Gasteiger partial charge in [-0.05, 0) is 0 Å². The van der Waals surface area contributed by atoms with E-state index < -0.39 is 0 Å². The molecule has 0 saturated heterocycles. The van der Waals surface area contributed by atoms with Crippen LogP contribution in [0, 0.1) is 0 Å². The molecule has 0 radical (unpaired) electrons. The molecule has 0 rings (SSSR count). The van der Waals surface area contributed by atoms with Gasteiger partial charge in [0.05, 0.1) is 15.5 Å². The van der Waals surface area contributed by atoms with Crippen LogP contribution in [0.3, 0.4) is 0 Å². The predicted octanol–water partition coefficient (Wildman–Crippen LogP) is 5.83. The second-order valence-corrected chi connectivity index (χ2v) is 40.2. The molecule has 0 aliphatic heterocycles. The topological polar surface area (TPSA) is 64.1 Å². The molecule has 0 saturated carbocycles. The molecule has 0 aromatic rings. The first kappa shape index (κ1) is 63.0. The molecule has 0 unspecified atom stereocenters. The van der Waals surface area contributed by atoms with Crippen molar-refractivity contribution in [3.63, 3.8) is 0 Å². The summed E-state index contributed by atoms with van der Waals surface area (Å²) in [6.07, 6.45) is 0. The lowest BCUT2D eigenvalue weighted by Gasteiger charge is -2.28. The average Bonchev–Trinajstić information content (AvgIpc) is 3.04. The number of nitrogens with two attached hydrogens (primary N) is 2. The van der Waals surface area contributed by atoms with Crippen molar-refractivity contribution in [3.05, 3.63) is 0 Å². The Hall–Kier alpha value is 16.0. The highest BCUT2D eigenvalue weighted by molar-refractivity contribution is 14.2. The lowest BCUT2D eigenvalue weighted by atomic mass is 8.83. The zero-order valence-electron chi connectivity index (χ0n) is 23.9. The molecule has 0 aliphatic carbocycles. The van der Waals surface area contributed by atoms with Crippen LogP contribution in [-0.2, 0) is 0 Å². The van der Waals surface area contributed by atoms with Gasteiger partial charge in [0.1, 0.15) is 0 Å². The first-order chi connectivity index (χ1) is 21.3. The maximum atomic E-state index is 6.97. The van der Waals surface area contributed by atoms with Crippen LogP contribution in [0.5, 0.6) is 0 Å². The van der Waals surface area contributed by atoms with Crippen LogP contribution in [0.1, 0.15) is 0 Å².